The fourth-order valence-electron chi connectivity index (χ4n) is 1.79. The Morgan fingerprint density at radius 2 is 2.00 bits per heavy atom. The van der Waals surface area contributed by atoms with Crippen LogP contribution in [-0.4, -0.2) is 12.3 Å². The summed E-state index contributed by atoms with van der Waals surface area (Å²) in [5, 5.41) is 0. The number of rotatable bonds is 5. The molecule has 4 heteroatoms. The van der Waals surface area contributed by atoms with Crippen LogP contribution in [0.5, 0.6) is 0 Å². The highest BCUT2D eigenvalue weighted by Gasteiger charge is 2.25. The van der Waals surface area contributed by atoms with Crippen molar-refractivity contribution in [3.8, 4) is 0 Å². The lowest BCUT2D eigenvalue weighted by Crippen LogP contribution is -2.14. The highest BCUT2D eigenvalue weighted by molar-refractivity contribution is 7.85. The fourth-order valence-corrected chi connectivity index (χ4v) is 3.94. The highest BCUT2D eigenvalue weighted by atomic mass is 35.7. The average molecular weight is 239 g/mol. The third-order valence-corrected chi connectivity index (χ3v) is 4.85. The van der Waals surface area contributed by atoms with Gasteiger partial charge in [-0.1, -0.05) is 32.6 Å². The van der Waals surface area contributed by atoms with Crippen LogP contribution >= 0.6 is 18.0 Å². The summed E-state index contributed by atoms with van der Waals surface area (Å²) >= 11 is 5.88. The molecule has 0 aliphatic heterocycles. The molecule has 1 fully saturated rings. The van der Waals surface area contributed by atoms with Crippen LogP contribution in [0.25, 0.3) is 0 Å². The van der Waals surface area contributed by atoms with Crippen LogP contribution in [0.3, 0.4) is 0 Å². The largest absolute Gasteiger partial charge is 0.314 e. The molecule has 0 aromatic heterocycles. The van der Waals surface area contributed by atoms with Gasteiger partial charge in [0, 0.05) is 6.16 Å². The Kier molecular flexibility index (Phi) is 5.51. The summed E-state index contributed by atoms with van der Waals surface area (Å²) in [6.45, 7) is -0.738. The quantitative estimate of drug-likeness (QED) is 0.656. The second kappa shape index (κ2) is 6.15. The maximum absolute atomic E-state index is 11.8. The molecule has 1 saturated carbocycles. The van der Waals surface area contributed by atoms with Crippen molar-refractivity contribution in [1.82, 2.24) is 0 Å². The summed E-state index contributed by atoms with van der Waals surface area (Å²) in [5.74, 6) is 0. The summed E-state index contributed by atoms with van der Waals surface area (Å²) in [4.78, 5) is 0. The lowest BCUT2D eigenvalue weighted by atomic mass is 9.98. The topological polar surface area (TPSA) is 26.3 Å². The molecule has 0 aromatic carbocycles. The molecule has 1 rings (SSSR count). The number of unbranched alkanes of at least 4 members (excludes halogenated alkanes) is 1. The van der Waals surface area contributed by atoms with Crippen molar-refractivity contribution < 1.29 is 9.09 Å². The zero-order valence-electron chi connectivity index (χ0n) is 8.88. The van der Waals surface area contributed by atoms with Crippen molar-refractivity contribution in [2.45, 2.75) is 58.0 Å². The Morgan fingerprint density at radius 3 is 2.57 bits per heavy atom. The summed E-state index contributed by atoms with van der Waals surface area (Å²) in [5.41, 5.74) is 0. The van der Waals surface area contributed by atoms with Crippen molar-refractivity contribution in [3.63, 3.8) is 0 Å². The molecule has 0 N–H and O–H groups in total. The summed E-state index contributed by atoms with van der Waals surface area (Å²) in [6, 6.07) is 0. The molecule has 2 nitrogen and oxygen atoms in total. The minimum Gasteiger partial charge on any atom is -0.314 e. The molecule has 1 unspecified atom stereocenters. The highest BCUT2D eigenvalue weighted by Crippen LogP contribution is 2.55. The third kappa shape index (κ3) is 4.82. The second-order valence-corrected chi connectivity index (χ2v) is 7.42. The predicted molar refractivity (Wildman–Crippen MR) is 61.2 cm³/mol. The van der Waals surface area contributed by atoms with E-state index in [0.717, 1.165) is 25.7 Å². The molecule has 14 heavy (non-hydrogen) atoms. The van der Waals surface area contributed by atoms with Crippen LogP contribution in [0.15, 0.2) is 0 Å². The zero-order valence-corrected chi connectivity index (χ0v) is 10.5. The van der Waals surface area contributed by atoms with Gasteiger partial charge >= 0.3 is 0 Å². The van der Waals surface area contributed by atoms with Crippen LogP contribution in [-0.2, 0) is 9.09 Å². The van der Waals surface area contributed by atoms with Crippen LogP contribution in [0, 0.1) is 0 Å². The molecule has 0 aromatic rings. The maximum atomic E-state index is 11.8. The number of hydrogen-bond acceptors (Lipinski definition) is 2. The van der Waals surface area contributed by atoms with Crippen molar-refractivity contribution >= 4 is 18.0 Å². The van der Waals surface area contributed by atoms with Crippen molar-refractivity contribution in [3.05, 3.63) is 0 Å². The van der Waals surface area contributed by atoms with Gasteiger partial charge in [0.1, 0.15) is 0 Å². The van der Waals surface area contributed by atoms with E-state index in [9.17, 15) is 4.57 Å². The van der Waals surface area contributed by atoms with Gasteiger partial charge in [-0.3, -0.25) is 4.57 Å². The lowest BCUT2D eigenvalue weighted by Gasteiger charge is -2.24. The smallest absolute Gasteiger partial charge is 0.290 e. The minimum absolute atomic E-state index is 0.156. The first-order valence-electron chi connectivity index (χ1n) is 5.61. The van der Waals surface area contributed by atoms with E-state index in [4.69, 9.17) is 15.8 Å². The van der Waals surface area contributed by atoms with Gasteiger partial charge in [0.25, 0.3) is 6.72 Å². The first-order valence-corrected chi connectivity index (χ1v) is 8.32. The van der Waals surface area contributed by atoms with E-state index >= 15 is 0 Å². The van der Waals surface area contributed by atoms with Crippen LogP contribution in [0.4, 0.5) is 0 Å². The van der Waals surface area contributed by atoms with Gasteiger partial charge in [0.05, 0.1) is 6.10 Å². The molecule has 1 aliphatic rings. The van der Waals surface area contributed by atoms with Gasteiger partial charge in [-0.05, 0) is 30.5 Å². The summed E-state index contributed by atoms with van der Waals surface area (Å²) in [6.07, 6.45) is 8.32. The SMILES string of the molecule is CCCCP(=O)(Cl)OC1CCCCC1. The molecule has 1 aliphatic carbocycles. The van der Waals surface area contributed by atoms with Crippen molar-refractivity contribution in [1.29, 1.82) is 0 Å². The number of halogens is 1. The van der Waals surface area contributed by atoms with Gasteiger partial charge in [-0.25, -0.2) is 0 Å². The van der Waals surface area contributed by atoms with Crippen molar-refractivity contribution in [2.75, 3.05) is 6.16 Å². The van der Waals surface area contributed by atoms with Gasteiger partial charge in [-0.15, -0.1) is 0 Å². The Labute approximate surface area is 91.6 Å². The Hall–Kier alpha value is 0.480. The first-order chi connectivity index (χ1) is 6.64. The van der Waals surface area contributed by atoms with E-state index in [1.807, 2.05) is 0 Å². The fraction of sp³-hybridized carbons (Fsp3) is 1.00. The molecular weight excluding hydrogens is 219 g/mol. The van der Waals surface area contributed by atoms with Crippen LogP contribution < -0.4 is 0 Å². The van der Waals surface area contributed by atoms with Gasteiger partial charge in [-0.2, -0.15) is 0 Å². The van der Waals surface area contributed by atoms with Gasteiger partial charge < -0.3 is 4.52 Å². The minimum atomic E-state index is -2.81. The van der Waals surface area contributed by atoms with Crippen molar-refractivity contribution in [2.24, 2.45) is 0 Å². The van der Waals surface area contributed by atoms with E-state index in [-0.39, 0.29) is 6.10 Å². The van der Waals surface area contributed by atoms with E-state index in [2.05, 4.69) is 6.92 Å². The molecule has 0 saturated heterocycles. The third-order valence-electron chi connectivity index (χ3n) is 2.64. The second-order valence-electron chi connectivity index (χ2n) is 4.03. The monoisotopic (exact) mass is 238 g/mol. The Bertz CT molecular complexity index is 202. The van der Waals surface area contributed by atoms with Gasteiger partial charge in [0.15, 0.2) is 0 Å². The standard InChI is InChI=1S/C10H20ClO2P/c1-2-3-9-14(11,12)13-10-7-5-4-6-8-10/h10H,2-9H2,1H3. The zero-order chi connectivity index (χ0) is 10.4. The number of hydrogen-bond donors (Lipinski definition) is 0. The average Bonchev–Trinajstić information content (AvgIpc) is 2.16. The molecule has 0 heterocycles. The lowest BCUT2D eigenvalue weighted by molar-refractivity contribution is 0.163. The maximum Gasteiger partial charge on any atom is 0.290 e. The van der Waals surface area contributed by atoms with E-state index in [0.29, 0.717) is 6.16 Å². The molecule has 0 amide bonds. The molecular formula is C10H20ClO2P. The molecule has 0 radical (unpaired) electrons. The molecule has 84 valence electrons. The van der Waals surface area contributed by atoms with Gasteiger partial charge in [0.2, 0.25) is 0 Å². The predicted octanol–water partition coefficient (Wildman–Crippen LogP) is 4.57. The molecule has 1 atom stereocenters. The van der Waals surface area contributed by atoms with E-state index in [1.54, 1.807) is 0 Å². The van der Waals surface area contributed by atoms with E-state index < -0.39 is 6.72 Å². The normalized spacial score (nSPS) is 23.3. The van der Waals surface area contributed by atoms with Crippen LogP contribution in [0.2, 0.25) is 0 Å². The first kappa shape index (κ1) is 12.5. The Balaban J connectivity index is 2.29. The Morgan fingerprint density at radius 1 is 1.36 bits per heavy atom. The van der Waals surface area contributed by atoms with E-state index in [1.165, 1.54) is 19.3 Å². The van der Waals surface area contributed by atoms with Crippen LogP contribution in [0.1, 0.15) is 51.9 Å². The summed E-state index contributed by atoms with van der Waals surface area (Å²) < 4.78 is 17.3. The molecule has 0 bridgehead atoms. The summed E-state index contributed by atoms with van der Waals surface area (Å²) in [7, 11) is 0. The molecule has 0 spiro atoms.